The quantitative estimate of drug-likeness (QED) is 0.774. The van der Waals surface area contributed by atoms with Gasteiger partial charge in [-0.1, -0.05) is 0 Å². The maximum Gasteiger partial charge on any atom is 0.271 e. The Morgan fingerprint density at radius 2 is 1.85 bits per heavy atom. The monoisotopic (exact) mass is 275 g/mol. The molecule has 2 heterocycles. The van der Waals surface area contributed by atoms with E-state index in [1.807, 2.05) is 0 Å². The number of piperidine rings is 1. The topological polar surface area (TPSA) is 83.1 Å². The van der Waals surface area contributed by atoms with Crippen molar-refractivity contribution >= 4 is 17.5 Å². The van der Waals surface area contributed by atoms with Crippen molar-refractivity contribution < 1.29 is 14.4 Å². The average Bonchev–Trinajstić information content (AvgIpc) is 2.91. The minimum absolute atomic E-state index is 0.0506. The smallest absolute Gasteiger partial charge is 0.271 e. The Morgan fingerprint density at radius 1 is 1.20 bits per heavy atom. The van der Waals surface area contributed by atoms with E-state index in [1.54, 1.807) is 17.2 Å². The van der Waals surface area contributed by atoms with Gasteiger partial charge in [0, 0.05) is 32.1 Å². The van der Waals surface area contributed by atoms with Gasteiger partial charge < -0.3 is 4.90 Å². The number of H-pyrrole nitrogens is 1. The summed E-state index contributed by atoms with van der Waals surface area (Å²) in [4.78, 5) is 37.2. The van der Waals surface area contributed by atoms with Crippen LogP contribution in [0, 0.1) is 5.41 Å². The van der Waals surface area contributed by atoms with Crippen molar-refractivity contribution in [2.75, 3.05) is 13.1 Å². The van der Waals surface area contributed by atoms with Crippen molar-refractivity contribution in [3.05, 3.63) is 18.0 Å². The number of amides is 1. The van der Waals surface area contributed by atoms with Crippen LogP contribution in [-0.4, -0.2) is 45.7 Å². The summed E-state index contributed by atoms with van der Waals surface area (Å²) >= 11 is 0. The highest BCUT2D eigenvalue weighted by Gasteiger charge is 2.42. The van der Waals surface area contributed by atoms with E-state index in [1.165, 1.54) is 0 Å². The fourth-order valence-electron chi connectivity index (χ4n) is 3.33. The number of rotatable bonds is 1. The third-order valence-corrected chi connectivity index (χ3v) is 4.38. The maximum absolute atomic E-state index is 12.2. The molecule has 0 aromatic carbocycles. The van der Waals surface area contributed by atoms with Crippen LogP contribution in [0.25, 0.3) is 0 Å². The normalized spacial score (nSPS) is 22.3. The highest BCUT2D eigenvalue weighted by atomic mass is 16.2. The molecule has 2 aliphatic rings. The predicted octanol–water partition coefficient (Wildman–Crippen LogP) is 0.954. The fourth-order valence-corrected chi connectivity index (χ4v) is 3.33. The molecule has 1 aliphatic carbocycles. The highest BCUT2D eigenvalue weighted by Crippen LogP contribution is 2.42. The predicted molar refractivity (Wildman–Crippen MR) is 70.0 cm³/mol. The van der Waals surface area contributed by atoms with Gasteiger partial charge in [0.15, 0.2) is 0 Å². The average molecular weight is 275 g/mol. The number of likely N-dealkylation sites (tertiary alicyclic amines) is 1. The Hall–Kier alpha value is -1.98. The first kappa shape index (κ1) is 13.0. The summed E-state index contributed by atoms with van der Waals surface area (Å²) in [6, 6.07) is 1.65. The summed E-state index contributed by atoms with van der Waals surface area (Å²) in [6.07, 6.45) is 4.08. The van der Waals surface area contributed by atoms with Crippen LogP contribution in [0.2, 0.25) is 0 Å². The van der Waals surface area contributed by atoms with Gasteiger partial charge in [-0.25, -0.2) is 0 Å². The summed E-state index contributed by atoms with van der Waals surface area (Å²) < 4.78 is 0. The Labute approximate surface area is 116 Å². The van der Waals surface area contributed by atoms with E-state index >= 15 is 0 Å². The summed E-state index contributed by atoms with van der Waals surface area (Å²) in [7, 11) is 0. The van der Waals surface area contributed by atoms with Crippen molar-refractivity contribution in [3.63, 3.8) is 0 Å². The van der Waals surface area contributed by atoms with Gasteiger partial charge in [0.1, 0.15) is 17.3 Å². The fraction of sp³-hybridized carbons (Fsp3) is 0.571. The molecule has 0 unspecified atom stereocenters. The molecule has 1 amide bonds. The van der Waals surface area contributed by atoms with Crippen LogP contribution in [-0.2, 0) is 9.59 Å². The zero-order valence-corrected chi connectivity index (χ0v) is 11.2. The summed E-state index contributed by atoms with van der Waals surface area (Å²) in [5.41, 5.74) is 0.286. The van der Waals surface area contributed by atoms with Crippen LogP contribution in [0.15, 0.2) is 12.3 Å². The number of nitrogens with zero attached hydrogens (tertiary/aromatic N) is 2. The molecule has 1 N–H and O–H groups in total. The number of carbonyl (C=O) groups is 3. The molecule has 106 valence electrons. The van der Waals surface area contributed by atoms with Crippen molar-refractivity contribution in [1.29, 1.82) is 0 Å². The lowest BCUT2D eigenvalue weighted by molar-refractivity contribution is -0.135. The van der Waals surface area contributed by atoms with Crippen molar-refractivity contribution in [2.24, 2.45) is 5.41 Å². The molecular weight excluding hydrogens is 258 g/mol. The van der Waals surface area contributed by atoms with Crippen LogP contribution in [0.3, 0.4) is 0 Å². The van der Waals surface area contributed by atoms with Gasteiger partial charge in [-0.2, -0.15) is 5.10 Å². The molecule has 6 heteroatoms. The first-order chi connectivity index (χ1) is 9.58. The van der Waals surface area contributed by atoms with E-state index in [4.69, 9.17) is 0 Å². The zero-order valence-electron chi connectivity index (χ0n) is 11.2. The first-order valence-corrected chi connectivity index (χ1v) is 6.90. The minimum Gasteiger partial charge on any atom is -0.337 e. The molecule has 1 saturated heterocycles. The van der Waals surface area contributed by atoms with Gasteiger partial charge in [0.05, 0.1) is 6.42 Å². The molecule has 1 aromatic rings. The van der Waals surface area contributed by atoms with Gasteiger partial charge in [0.25, 0.3) is 5.91 Å². The molecule has 0 radical (unpaired) electrons. The number of carbonyl (C=O) groups excluding carboxylic acids is 3. The molecule has 20 heavy (non-hydrogen) atoms. The lowest BCUT2D eigenvalue weighted by Gasteiger charge is -2.42. The van der Waals surface area contributed by atoms with Crippen LogP contribution >= 0.6 is 0 Å². The van der Waals surface area contributed by atoms with Crippen molar-refractivity contribution in [1.82, 2.24) is 15.1 Å². The Bertz CT molecular complexity index is 524. The molecule has 1 spiro atoms. The molecule has 3 rings (SSSR count). The Kier molecular flexibility index (Phi) is 3.16. The molecular formula is C14H17N3O3. The first-order valence-electron chi connectivity index (χ1n) is 6.90. The molecule has 1 aromatic heterocycles. The molecule has 0 bridgehead atoms. The Morgan fingerprint density at radius 3 is 2.40 bits per heavy atom. The Balaban J connectivity index is 1.66. The number of hydrogen-bond acceptors (Lipinski definition) is 4. The number of Topliss-reactive ketones (excluding diaryl/α,β-unsaturated/α-hetero) is 2. The van der Waals surface area contributed by atoms with E-state index in [0.717, 1.165) is 12.8 Å². The van der Waals surface area contributed by atoms with Crippen LogP contribution in [0.5, 0.6) is 0 Å². The summed E-state index contributed by atoms with van der Waals surface area (Å²) in [6.45, 7) is 1.19. The van der Waals surface area contributed by atoms with Gasteiger partial charge in [-0.15, -0.1) is 0 Å². The van der Waals surface area contributed by atoms with Gasteiger partial charge in [0.2, 0.25) is 0 Å². The van der Waals surface area contributed by atoms with E-state index in [-0.39, 0.29) is 29.3 Å². The second-order valence-electron chi connectivity index (χ2n) is 5.87. The maximum atomic E-state index is 12.2. The molecule has 1 saturated carbocycles. The standard InChI is InChI=1S/C14H17N3O3/c18-10-7-11(19)9-14(8-10)2-5-17(6-3-14)13(20)12-1-4-15-16-12/h1,4H,2-3,5-9H2,(H,15,16). The van der Waals surface area contributed by atoms with Crippen LogP contribution in [0.1, 0.15) is 42.6 Å². The molecule has 1 aliphatic heterocycles. The number of nitrogens with one attached hydrogen (secondary N) is 1. The van der Waals surface area contributed by atoms with Gasteiger partial charge in [-0.3, -0.25) is 19.5 Å². The van der Waals surface area contributed by atoms with Crippen molar-refractivity contribution in [2.45, 2.75) is 32.1 Å². The lowest BCUT2D eigenvalue weighted by atomic mass is 9.67. The minimum atomic E-state index is -0.197. The number of ketones is 2. The second kappa shape index (κ2) is 4.85. The second-order valence-corrected chi connectivity index (χ2v) is 5.87. The number of aromatic nitrogens is 2. The van der Waals surface area contributed by atoms with Gasteiger partial charge >= 0.3 is 0 Å². The van der Waals surface area contributed by atoms with Crippen LogP contribution in [0.4, 0.5) is 0 Å². The molecule has 2 fully saturated rings. The third kappa shape index (κ3) is 2.37. The van der Waals surface area contributed by atoms with Crippen LogP contribution < -0.4 is 0 Å². The van der Waals surface area contributed by atoms with E-state index in [2.05, 4.69) is 10.2 Å². The summed E-state index contributed by atoms with van der Waals surface area (Å²) in [5.74, 6) is 0.0370. The van der Waals surface area contributed by atoms with Crippen molar-refractivity contribution in [3.8, 4) is 0 Å². The largest absolute Gasteiger partial charge is 0.337 e. The van der Waals surface area contributed by atoms with E-state index < -0.39 is 0 Å². The molecule has 0 atom stereocenters. The third-order valence-electron chi connectivity index (χ3n) is 4.38. The molecule has 6 nitrogen and oxygen atoms in total. The lowest BCUT2D eigenvalue weighted by Crippen LogP contribution is -2.46. The van der Waals surface area contributed by atoms with E-state index in [9.17, 15) is 14.4 Å². The summed E-state index contributed by atoms with van der Waals surface area (Å²) in [5, 5.41) is 6.45. The highest BCUT2D eigenvalue weighted by molar-refractivity contribution is 6.02. The number of hydrogen-bond donors (Lipinski definition) is 1. The van der Waals surface area contributed by atoms with Gasteiger partial charge in [-0.05, 0) is 24.3 Å². The van der Waals surface area contributed by atoms with E-state index in [0.29, 0.717) is 31.6 Å². The number of aromatic amines is 1. The SMILES string of the molecule is O=C1CC(=O)CC2(CCN(C(=O)c3ccn[nH]3)CC2)C1. The zero-order chi connectivity index (χ0) is 14.2.